The van der Waals surface area contributed by atoms with Gasteiger partial charge in [-0.25, -0.2) is 8.78 Å². The van der Waals surface area contributed by atoms with Gasteiger partial charge < -0.3 is 4.57 Å². The summed E-state index contributed by atoms with van der Waals surface area (Å²) in [6.07, 6.45) is 3.34. The van der Waals surface area contributed by atoms with E-state index in [-0.39, 0.29) is 17.7 Å². The summed E-state index contributed by atoms with van der Waals surface area (Å²) in [5, 5.41) is 8.42. The van der Waals surface area contributed by atoms with Crippen LogP contribution < -0.4 is 5.56 Å². The van der Waals surface area contributed by atoms with E-state index in [2.05, 4.69) is 15.2 Å². The smallest absolute Gasteiger partial charge is 0.251 e. The summed E-state index contributed by atoms with van der Waals surface area (Å²) in [5.41, 5.74) is 4.94. The third kappa shape index (κ3) is 3.69. The standard InChI is InChI=1S/C25H18F2N4O/c1-15-10-18(6-8-28-15)25-21-12-16(2-5-23(21)29-30-25)17-7-9-31(24(32)13-17)14-19-11-20(26)3-4-22(19)27/h2-13H,14H2,1H3,(H,29,30). The molecule has 5 nitrogen and oxygen atoms in total. The number of hydrogen-bond donors (Lipinski definition) is 1. The fourth-order valence-corrected chi connectivity index (χ4v) is 3.77. The minimum absolute atomic E-state index is 0.0466. The Hall–Kier alpha value is -4.13. The summed E-state index contributed by atoms with van der Waals surface area (Å²) in [7, 11) is 0. The second-order valence-corrected chi connectivity index (χ2v) is 7.64. The van der Waals surface area contributed by atoms with Crippen LogP contribution in [0.2, 0.25) is 0 Å². The van der Waals surface area contributed by atoms with Crippen LogP contribution >= 0.6 is 0 Å². The molecule has 0 saturated carbocycles. The van der Waals surface area contributed by atoms with E-state index in [1.54, 1.807) is 18.5 Å². The Balaban J connectivity index is 1.51. The summed E-state index contributed by atoms with van der Waals surface area (Å²) >= 11 is 0. The van der Waals surface area contributed by atoms with Gasteiger partial charge in [-0.05, 0) is 66.6 Å². The van der Waals surface area contributed by atoms with Crippen LogP contribution in [0.3, 0.4) is 0 Å². The van der Waals surface area contributed by atoms with E-state index < -0.39 is 11.6 Å². The predicted molar refractivity (Wildman–Crippen MR) is 119 cm³/mol. The molecule has 0 saturated heterocycles. The molecule has 0 unspecified atom stereocenters. The Morgan fingerprint density at radius 3 is 2.59 bits per heavy atom. The molecule has 32 heavy (non-hydrogen) atoms. The Kier molecular flexibility index (Phi) is 4.86. The van der Waals surface area contributed by atoms with Crippen LogP contribution in [-0.2, 0) is 6.54 Å². The highest BCUT2D eigenvalue weighted by Gasteiger charge is 2.11. The number of rotatable bonds is 4. The van der Waals surface area contributed by atoms with E-state index in [1.165, 1.54) is 10.6 Å². The number of hydrogen-bond acceptors (Lipinski definition) is 3. The molecule has 0 spiro atoms. The van der Waals surface area contributed by atoms with Gasteiger partial charge in [0.2, 0.25) is 0 Å². The van der Waals surface area contributed by atoms with Crippen LogP contribution in [0.1, 0.15) is 11.3 Å². The van der Waals surface area contributed by atoms with Gasteiger partial charge >= 0.3 is 0 Å². The first-order valence-corrected chi connectivity index (χ1v) is 10.0. The monoisotopic (exact) mass is 428 g/mol. The predicted octanol–water partition coefficient (Wildman–Crippen LogP) is 5.09. The van der Waals surface area contributed by atoms with Gasteiger partial charge in [-0.2, -0.15) is 5.10 Å². The Morgan fingerprint density at radius 2 is 1.78 bits per heavy atom. The molecule has 0 aliphatic heterocycles. The maximum absolute atomic E-state index is 14.0. The van der Waals surface area contributed by atoms with Crippen LogP contribution in [0, 0.1) is 18.6 Å². The largest absolute Gasteiger partial charge is 0.311 e. The van der Waals surface area contributed by atoms with Crippen molar-refractivity contribution in [2.24, 2.45) is 0 Å². The molecule has 3 aromatic heterocycles. The first-order valence-electron chi connectivity index (χ1n) is 10.0. The molecule has 1 N–H and O–H groups in total. The number of benzene rings is 2. The number of pyridine rings is 2. The summed E-state index contributed by atoms with van der Waals surface area (Å²) in [5.74, 6) is -1.09. The number of fused-ring (bicyclic) bond motifs is 1. The van der Waals surface area contributed by atoms with Crippen LogP contribution in [-0.4, -0.2) is 19.7 Å². The molecule has 158 valence electrons. The molecule has 7 heteroatoms. The van der Waals surface area contributed by atoms with Gasteiger partial charge in [-0.1, -0.05) is 6.07 Å². The zero-order valence-corrected chi connectivity index (χ0v) is 17.1. The van der Waals surface area contributed by atoms with Gasteiger partial charge in [0, 0.05) is 40.7 Å². The highest BCUT2D eigenvalue weighted by Crippen LogP contribution is 2.30. The van der Waals surface area contributed by atoms with Gasteiger partial charge in [0.1, 0.15) is 17.3 Å². The second kappa shape index (κ2) is 7.85. The maximum atomic E-state index is 14.0. The molecule has 0 atom stereocenters. The average Bonchev–Trinajstić information content (AvgIpc) is 3.21. The number of halogens is 2. The van der Waals surface area contributed by atoms with Crippen molar-refractivity contribution in [1.82, 2.24) is 19.7 Å². The highest BCUT2D eigenvalue weighted by molar-refractivity contribution is 5.95. The topological polar surface area (TPSA) is 63.6 Å². The molecule has 0 bridgehead atoms. The summed E-state index contributed by atoms with van der Waals surface area (Å²) in [6, 6.07) is 16.2. The Bertz CT molecular complexity index is 1520. The highest BCUT2D eigenvalue weighted by atomic mass is 19.1. The first kappa shape index (κ1) is 19.8. The second-order valence-electron chi connectivity index (χ2n) is 7.64. The lowest BCUT2D eigenvalue weighted by atomic mass is 10.0. The zero-order chi connectivity index (χ0) is 22.2. The summed E-state index contributed by atoms with van der Waals surface area (Å²) in [6.45, 7) is 1.88. The van der Waals surface area contributed by atoms with Crippen molar-refractivity contribution >= 4 is 10.9 Å². The minimum Gasteiger partial charge on any atom is -0.311 e. The van der Waals surface area contributed by atoms with E-state index in [4.69, 9.17) is 0 Å². The lowest BCUT2D eigenvalue weighted by molar-refractivity contribution is 0.574. The third-order valence-corrected chi connectivity index (χ3v) is 5.41. The number of aromatic amines is 1. The van der Waals surface area contributed by atoms with Crippen molar-refractivity contribution < 1.29 is 8.78 Å². The normalized spacial score (nSPS) is 11.2. The fourth-order valence-electron chi connectivity index (χ4n) is 3.77. The zero-order valence-electron chi connectivity index (χ0n) is 17.1. The molecule has 2 aromatic carbocycles. The summed E-state index contributed by atoms with van der Waals surface area (Å²) in [4.78, 5) is 16.9. The van der Waals surface area contributed by atoms with Crippen molar-refractivity contribution in [2.75, 3.05) is 0 Å². The van der Waals surface area contributed by atoms with Crippen LogP contribution in [0.4, 0.5) is 8.78 Å². The van der Waals surface area contributed by atoms with Gasteiger partial charge in [0.05, 0.1) is 12.1 Å². The Labute approximate surface area is 182 Å². The van der Waals surface area contributed by atoms with Crippen molar-refractivity contribution in [2.45, 2.75) is 13.5 Å². The van der Waals surface area contributed by atoms with E-state index in [9.17, 15) is 13.6 Å². The lowest BCUT2D eigenvalue weighted by Gasteiger charge is -2.09. The van der Waals surface area contributed by atoms with Crippen molar-refractivity contribution in [3.8, 4) is 22.4 Å². The fraction of sp³-hybridized carbons (Fsp3) is 0.0800. The molecular weight excluding hydrogens is 410 g/mol. The molecule has 0 aliphatic rings. The van der Waals surface area contributed by atoms with Crippen molar-refractivity contribution in [3.63, 3.8) is 0 Å². The number of H-pyrrole nitrogens is 1. The number of aromatic nitrogens is 4. The van der Waals surface area contributed by atoms with Crippen LogP contribution in [0.5, 0.6) is 0 Å². The molecule has 3 heterocycles. The Morgan fingerprint density at radius 1 is 0.938 bits per heavy atom. The van der Waals surface area contributed by atoms with Crippen LogP contribution in [0.25, 0.3) is 33.3 Å². The van der Waals surface area contributed by atoms with E-state index >= 15 is 0 Å². The summed E-state index contributed by atoms with van der Waals surface area (Å²) < 4.78 is 28.8. The number of aryl methyl sites for hydroxylation is 1. The van der Waals surface area contributed by atoms with Crippen molar-refractivity contribution in [1.29, 1.82) is 0 Å². The molecule has 5 aromatic rings. The molecule has 5 rings (SSSR count). The van der Waals surface area contributed by atoms with Gasteiger partial charge in [-0.15, -0.1) is 0 Å². The first-order chi connectivity index (χ1) is 15.5. The van der Waals surface area contributed by atoms with Gasteiger partial charge in [-0.3, -0.25) is 14.9 Å². The maximum Gasteiger partial charge on any atom is 0.251 e. The van der Waals surface area contributed by atoms with Gasteiger partial charge in [0.15, 0.2) is 0 Å². The van der Waals surface area contributed by atoms with E-state index in [1.807, 2.05) is 37.3 Å². The molecule has 0 radical (unpaired) electrons. The van der Waals surface area contributed by atoms with Gasteiger partial charge in [0.25, 0.3) is 5.56 Å². The number of nitrogens with zero attached hydrogens (tertiary/aromatic N) is 3. The van der Waals surface area contributed by atoms with E-state index in [0.717, 1.165) is 57.2 Å². The SMILES string of the molecule is Cc1cc(-c2n[nH]c3ccc(-c4ccn(Cc5cc(F)ccc5F)c(=O)c4)cc23)ccn1. The molecular formula is C25H18F2N4O. The van der Waals surface area contributed by atoms with E-state index in [0.29, 0.717) is 0 Å². The minimum atomic E-state index is -0.549. The van der Waals surface area contributed by atoms with Crippen LogP contribution in [0.15, 0.2) is 77.9 Å². The quantitative estimate of drug-likeness (QED) is 0.434. The molecule has 0 fully saturated rings. The molecule has 0 aliphatic carbocycles. The average molecular weight is 428 g/mol. The third-order valence-electron chi connectivity index (χ3n) is 5.41. The molecule has 0 amide bonds. The number of nitrogens with one attached hydrogen (secondary N) is 1. The lowest BCUT2D eigenvalue weighted by Crippen LogP contribution is -2.19. The van der Waals surface area contributed by atoms with Crippen molar-refractivity contribution in [3.05, 3.63) is 106 Å².